The predicted octanol–water partition coefficient (Wildman–Crippen LogP) is 3.01. The zero-order valence-corrected chi connectivity index (χ0v) is 9.69. The van der Waals surface area contributed by atoms with Crippen LogP contribution in [-0.4, -0.2) is 14.8 Å². The first kappa shape index (κ1) is 10.5. The topological polar surface area (TPSA) is 42.7 Å². The van der Waals surface area contributed by atoms with Crippen molar-refractivity contribution >= 4 is 11.4 Å². The third-order valence-electron chi connectivity index (χ3n) is 2.57. The summed E-state index contributed by atoms with van der Waals surface area (Å²) in [5.74, 6) is 0. The second kappa shape index (κ2) is 4.71. The highest BCUT2D eigenvalue weighted by Gasteiger charge is 2.00. The van der Waals surface area contributed by atoms with Gasteiger partial charge in [0.05, 0.1) is 23.8 Å². The highest BCUT2D eigenvalue weighted by atomic mass is 15.3. The van der Waals surface area contributed by atoms with Crippen molar-refractivity contribution in [3.63, 3.8) is 0 Å². The molecular weight excluding hydrogens is 224 g/mol. The third kappa shape index (κ3) is 2.22. The van der Waals surface area contributed by atoms with Crippen LogP contribution >= 0.6 is 0 Å². The Morgan fingerprint density at radius 1 is 0.889 bits per heavy atom. The first-order valence-electron chi connectivity index (χ1n) is 5.69. The van der Waals surface area contributed by atoms with E-state index in [0.717, 1.165) is 17.1 Å². The summed E-state index contributed by atoms with van der Waals surface area (Å²) in [4.78, 5) is 3.98. The molecule has 4 nitrogen and oxygen atoms in total. The minimum absolute atomic E-state index is 0.949. The van der Waals surface area contributed by atoms with Gasteiger partial charge in [-0.3, -0.25) is 4.98 Å². The van der Waals surface area contributed by atoms with Crippen molar-refractivity contribution in [3.05, 3.63) is 67.3 Å². The molecule has 1 N–H and O–H groups in total. The van der Waals surface area contributed by atoms with Gasteiger partial charge in [-0.1, -0.05) is 18.2 Å². The Morgan fingerprint density at radius 2 is 1.67 bits per heavy atom. The molecule has 0 aliphatic carbocycles. The highest BCUT2D eigenvalue weighted by molar-refractivity contribution is 5.57. The summed E-state index contributed by atoms with van der Waals surface area (Å²) in [6, 6.07) is 13.8. The predicted molar refractivity (Wildman–Crippen MR) is 71.1 cm³/mol. The minimum atomic E-state index is 0.949. The van der Waals surface area contributed by atoms with Crippen LogP contribution in [0.15, 0.2) is 67.3 Å². The Labute approximate surface area is 105 Å². The molecule has 3 rings (SSSR count). The first-order valence-corrected chi connectivity index (χ1v) is 5.69. The molecule has 18 heavy (non-hydrogen) atoms. The van der Waals surface area contributed by atoms with Gasteiger partial charge in [0, 0.05) is 18.1 Å². The Kier molecular flexibility index (Phi) is 2.75. The number of para-hydroxylation sites is 1. The lowest BCUT2D eigenvalue weighted by Gasteiger charge is -2.02. The first-order chi connectivity index (χ1) is 8.92. The number of anilines is 2. The summed E-state index contributed by atoms with van der Waals surface area (Å²) in [6.45, 7) is 0. The molecule has 0 spiro atoms. The molecule has 0 fully saturated rings. The number of benzene rings is 1. The van der Waals surface area contributed by atoms with Gasteiger partial charge in [0.15, 0.2) is 0 Å². The summed E-state index contributed by atoms with van der Waals surface area (Å²) >= 11 is 0. The van der Waals surface area contributed by atoms with E-state index in [-0.39, 0.29) is 0 Å². The molecule has 3 aromatic rings. The number of rotatable bonds is 3. The Hall–Kier alpha value is -2.62. The van der Waals surface area contributed by atoms with Crippen molar-refractivity contribution in [2.45, 2.75) is 0 Å². The number of nitrogens with one attached hydrogen (secondary N) is 1. The molecule has 0 aliphatic rings. The van der Waals surface area contributed by atoms with Crippen molar-refractivity contribution in [3.8, 4) is 5.69 Å². The average Bonchev–Trinajstić information content (AvgIpc) is 2.89. The number of nitrogens with zero attached hydrogens (tertiary/aromatic N) is 3. The summed E-state index contributed by atoms with van der Waals surface area (Å²) in [6.07, 6.45) is 7.26. The zero-order chi connectivity index (χ0) is 12.2. The summed E-state index contributed by atoms with van der Waals surface area (Å²) in [7, 11) is 0. The molecule has 88 valence electrons. The quantitative estimate of drug-likeness (QED) is 0.760. The number of hydrogen-bond acceptors (Lipinski definition) is 3. The van der Waals surface area contributed by atoms with Gasteiger partial charge in [0.2, 0.25) is 0 Å². The summed E-state index contributed by atoms with van der Waals surface area (Å²) < 4.78 is 1.84. The van der Waals surface area contributed by atoms with Crippen LogP contribution in [0.3, 0.4) is 0 Å². The normalized spacial score (nSPS) is 10.2. The van der Waals surface area contributed by atoms with Crippen molar-refractivity contribution in [2.75, 3.05) is 5.32 Å². The molecule has 0 radical (unpaired) electrons. The SMILES string of the molecule is c1ccc(-n2cc(Nc3ccncc3)cn2)cc1. The molecule has 2 aromatic heterocycles. The number of aromatic nitrogens is 3. The Balaban J connectivity index is 1.82. The van der Waals surface area contributed by atoms with Crippen LogP contribution in [0, 0.1) is 0 Å². The fourth-order valence-electron chi connectivity index (χ4n) is 1.71. The van der Waals surface area contributed by atoms with E-state index in [4.69, 9.17) is 0 Å². The fraction of sp³-hybridized carbons (Fsp3) is 0. The standard InChI is InChI=1S/C14H12N4/c1-2-4-14(5-3-1)18-11-13(10-16-18)17-12-6-8-15-9-7-12/h1-11H,(H,15,17). The van der Waals surface area contributed by atoms with Gasteiger partial charge in [0.1, 0.15) is 0 Å². The average molecular weight is 236 g/mol. The second-order valence-corrected chi connectivity index (χ2v) is 3.87. The van der Waals surface area contributed by atoms with Gasteiger partial charge < -0.3 is 5.32 Å². The van der Waals surface area contributed by atoms with E-state index >= 15 is 0 Å². The van der Waals surface area contributed by atoms with Crippen LogP contribution < -0.4 is 5.32 Å². The van der Waals surface area contributed by atoms with Gasteiger partial charge in [0.25, 0.3) is 0 Å². The third-order valence-corrected chi connectivity index (χ3v) is 2.57. The van der Waals surface area contributed by atoms with E-state index in [9.17, 15) is 0 Å². The molecule has 4 heteroatoms. The molecule has 0 bridgehead atoms. The van der Waals surface area contributed by atoms with Crippen molar-refractivity contribution in [1.29, 1.82) is 0 Å². The molecule has 0 saturated heterocycles. The molecule has 0 saturated carbocycles. The molecular formula is C14H12N4. The summed E-state index contributed by atoms with van der Waals surface area (Å²) in [5.41, 5.74) is 2.99. The van der Waals surface area contributed by atoms with Crippen molar-refractivity contribution < 1.29 is 0 Å². The largest absolute Gasteiger partial charge is 0.353 e. The number of hydrogen-bond donors (Lipinski definition) is 1. The maximum Gasteiger partial charge on any atom is 0.0775 e. The van der Waals surface area contributed by atoms with Crippen LogP contribution in [0.2, 0.25) is 0 Å². The molecule has 2 heterocycles. The lowest BCUT2D eigenvalue weighted by Crippen LogP contribution is -1.93. The van der Waals surface area contributed by atoms with Crippen LogP contribution in [0.5, 0.6) is 0 Å². The van der Waals surface area contributed by atoms with Gasteiger partial charge >= 0.3 is 0 Å². The zero-order valence-electron chi connectivity index (χ0n) is 9.69. The molecule has 0 aliphatic heterocycles. The van der Waals surface area contributed by atoms with Gasteiger partial charge in [-0.15, -0.1) is 0 Å². The Morgan fingerprint density at radius 3 is 2.44 bits per heavy atom. The molecule has 0 amide bonds. The fourth-order valence-corrected chi connectivity index (χ4v) is 1.71. The van der Waals surface area contributed by atoms with E-state index < -0.39 is 0 Å². The van der Waals surface area contributed by atoms with Crippen LogP contribution in [0.4, 0.5) is 11.4 Å². The molecule has 1 aromatic carbocycles. The van der Waals surface area contributed by atoms with Crippen molar-refractivity contribution in [2.24, 2.45) is 0 Å². The highest BCUT2D eigenvalue weighted by Crippen LogP contribution is 2.16. The van der Waals surface area contributed by atoms with Gasteiger partial charge in [-0.05, 0) is 24.3 Å². The van der Waals surface area contributed by atoms with Gasteiger partial charge in [-0.25, -0.2) is 4.68 Å². The molecule has 0 atom stereocenters. The number of pyridine rings is 1. The maximum atomic E-state index is 4.32. The van der Waals surface area contributed by atoms with Gasteiger partial charge in [-0.2, -0.15) is 5.10 Å². The monoisotopic (exact) mass is 236 g/mol. The van der Waals surface area contributed by atoms with Crippen LogP contribution in [-0.2, 0) is 0 Å². The van der Waals surface area contributed by atoms with E-state index in [2.05, 4.69) is 15.4 Å². The molecule has 0 unspecified atom stereocenters. The summed E-state index contributed by atoms with van der Waals surface area (Å²) in [5, 5.41) is 7.59. The van der Waals surface area contributed by atoms with Crippen LogP contribution in [0.1, 0.15) is 0 Å². The minimum Gasteiger partial charge on any atom is -0.353 e. The Bertz CT molecular complexity index is 617. The maximum absolute atomic E-state index is 4.32. The smallest absolute Gasteiger partial charge is 0.0775 e. The lowest BCUT2D eigenvalue weighted by molar-refractivity contribution is 0.881. The van der Waals surface area contributed by atoms with E-state index in [1.165, 1.54) is 0 Å². The van der Waals surface area contributed by atoms with E-state index in [1.807, 2.05) is 53.3 Å². The lowest BCUT2D eigenvalue weighted by atomic mass is 10.3. The van der Waals surface area contributed by atoms with Crippen molar-refractivity contribution in [1.82, 2.24) is 14.8 Å². The van der Waals surface area contributed by atoms with E-state index in [1.54, 1.807) is 18.6 Å². The second-order valence-electron chi connectivity index (χ2n) is 3.87. The van der Waals surface area contributed by atoms with E-state index in [0.29, 0.717) is 0 Å². The van der Waals surface area contributed by atoms with Crippen LogP contribution in [0.25, 0.3) is 5.69 Å².